The lowest BCUT2D eigenvalue weighted by molar-refractivity contribution is 0.0497. The third-order valence-electron chi connectivity index (χ3n) is 3.82. The van der Waals surface area contributed by atoms with E-state index in [1.54, 1.807) is 11.3 Å². The van der Waals surface area contributed by atoms with Crippen LogP contribution in [0.15, 0.2) is 10.4 Å². The minimum Gasteiger partial charge on any atom is -0.379 e. The highest BCUT2D eigenvalue weighted by Crippen LogP contribution is 2.23. The number of rotatable bonds is 13. The fourth-order valence-electron chi connectivity index (χ4n) is 2.19. The number of guanidine groups is 1. The molecule has 2 N–H and O–H groups in total. The summed E-state index contributed by atoms with van der Waals surface area (Å²) in [5.74, 6) is 0.827. The van der Waals surface area contributed by atoms with Gasteiger partial charge < -0.3 is 20.1 Å². The Morgan fingerprint density at radius 1 is 1.11 bits per heavy atom. The number of thiazole rings is 1. The second-order valence-corrected chi connectivity index (χ2v) is 8.33. The molecule has 164 valence electrons. The predicted molar refractivity (Wildman–Crippen MR) is 130 cm³/mol. The van der Waals surface area contributed by atoms with Gasteiger partial charge in [-0.25, -0.2) is 4.98 Å². The van der Waals surface area contributed by atoms with Crippen molar-refractivity contribution in [3.05, 3.63) is 16.1 Å². The van der Waals surface area contributed by atoms with Gasteiger partial charge in [0.2, 0.25) is 0 Å². The number of nitrogens with one attached hydrogen (secondary N) is 2. The molecule has 0 saturated carbocycles. The lowest BCUT2D eigenvalue weighted by Crippen LogP contribution is -2.38. The summed E-state index contributed by atoms with van der Waals surface area (Å²) in [4.78, 5) is 9.28. The van der Waals surface area contributed by atoms with Gasteiger partial charge in [-0.05, 0) is 13.3 Å². The zero-order valence-corrected chi connectivity index (χ0v) is 21.3. The Labute approximate surface area is 192 Å². The lowest BCUT2D eigenvalue weighted by atomic mass is 9.93. The summed E-state index contributed by atoms with van der Waals surface area (Å²) in [5, 5.41) is 9.96. The molecule has 0 bridgehead atoms. The van der Waals surface area contributed by atoms with E-state index in [0.29, 0.717) is 26.4 Å². The van der Waals surface area contributed by atoms with E-state index in [9.17, 15) is 0 Å². The van der Waals surface area contributed by atoms with Crippen LogP contribution in [0.2, 0.25) is 0 Å². The lowest BCUT2D eigenvalue weighted by Gasteiger charge is -2.14. The van der Waals surface area contributed by atoms with Gasteiger partial charge in [-0.2, -0.15) is 0 Å². The fraction of sp³-hybridized carbons (Fsp3) is 0.800. The highest BCUT2D eigenvalue weighted by molar-refractivity contribution is 14.0. The van der Waals surface area contributed by atoms with E-state index in [1.165, 1.54) is 5.69 Å². The summed E-state index contributed by atoms with van der Waals surface area (Å²) in [6.07, 6.45) is 3.17. The molecule has 0 unspecified atom stereocenters. The Bertz CT molecular complexity index is 533. The van der Waals surface area contributed by atoms with Gasteiger partial charge in [0.15, 0.2) is 5.96 Å². The highest BCUT2D eigenvalue weighted by Gasteiger charge is 2.17. The monoisotopic (exact) mass is 526 g/mol. The van der Waals surface area contributed by atoms with Crippen LogP contribution in [0.25, 0.3) is 0 Å². The van der Waals surface area contributed by atoms with Crippen LogP contribution in [0.4, 0.5) is 0 Å². The molecule has 0 aliphatic carbocycles. The van der Waals surface area contributed by atoms with Crippen molar-refractivity contribution in [1.82, 2.24) is 15.6 Å². The predicted octanol–water partition coefficient (Wildman–Crippen LogP) is 3.99. The van der Waals surface area contributed by atoms with E-state index in [1.807, 2.05) is 0 Å². The summed E-state index contributed by atoms with van der Waals surface area (Å²) in [6, 6.07) is 0. The first-order chi connectivity index (χ1) is 13.0. The summed E-state index contributed by atoms with van der Waals surface area (Å²) >= 11 is 1.73. The average Bonchev–Trinajstić information content (AvgIpc) is 3.09. The largest absolute Gasteiger partial charge is 0.379 e. The molecule has 1 rings (SSSR count). The van der Waals surface area contributed by atoms with Crippen molar-refractivity contribution in [3.8, 4) is 0 Å². The molecule has 0 spiro atoms. The van der Waals surface area contributed by atoms with E-state index in [-0.39, 0.29) is 29.4 Å². The van der Waals surface area contributed by atoms with Crippen molar-refractivity contribution in [2.45, 2.75) is 59.3 Å². The number of nitrogens with zero attached hydrogens (tertiary/aromatic N) is 2. The molecule has 1 heterocycles. The van der Waals surface area contributed by atoms with Gasteiger partial charge in [0, 0.05) is 36.9 Å². The van der Waals surface area contributed by atoms with Crippen molar-refractivity contribution >= 4 is 41.3 Å². The molecule has 1 aromatic heterocycles. The number of unbranched alkanes of at least 4 members (excludes halogenated alkanes) is 1. The van der Waals surface area contributed by atoms with Crippen LogP contribution in [0.1, 0.15) is 58.2 Å². The molecule has 0 aromatic carbocycles. The van der Waals surface area contributed by atoms with Gasteiger partial charge in [0.05, 0.1) is 37.1 Å². The highest BCUT2D eigenvalue weighted by atomic mass is 127. The minimum atomic E-state index is 0. The Morgan fingerprint density at radius 2 is 1.82 bits per heavy atom. The molecule has 0 fully saturated rings. The van der Waals surface area contributed by atoms with E-state index in [0.717, 1.165) is 49.9 Å². The molecule has 0 radical (unpaired) electrons. The van der Waals surface area contributed by atoms with E-state index < -0.39 is 0 Å². The fourth-order valence-corrected chi connectivity index (χ4v) is 3.22. The van der Waals surface area contributed by atoms with E-state index in [4.69, 9.17) is 14.5 Å². The van der Waals surface area contributed by atoms with Gasteiger partial charge in [0.25, 0.3) is 0 Å². The van der Waals surface area contributed by atoms with Gasteiger partial charge in [-0.15, -0.1) is 35.3 Å². The number of halogens is 1. The van der Waals surface area contributed by atoms with Gasteiger partial charge in [-0.3, -0.25) is 4.99 Å². The summed E-state index contributed by atoms with van der Waals surface area (Å²) in [6.45, 7) is 15.8. The smallest absolute Gasteiger partial charge is 0.191 e. The SMILES string of the molecule is CCCCOCCOCCN=C(NCC)NCCc1nc(C(C)(C)C)cs1.I. The molecular formula is C20H39IN4O2S. The van der Waals surface area contributed by atoms with E-state index in [2.05, 4.69) is 55.6 Å². The van der Waals surface area contributed by atoms with Crippen LogP contribution in [-0.2, 0) is 21.3 Å². The van der Waals surface area contributed by atoms with E-state index >= 15 is 0 Å². The molecule has 0 aliphatic heterocycles. The molecular weight excluding hydrogens is 487 g/mol. The Morgan fingerprint density at radius 3 is 2.43 bits per heavy atom. The number of aliphatic imine (C=N–C) groups is 1. The summed E-state index contributed by atoms with van der Waals surface area (Å²) in [7, 11) is 0. The molecule has 0 saturated heterocycles. The Balaban J connectivity index is 0.00000729. The average molecular weight is 527 g/mol. The zero-order valence-electron chi connectivity index (χ0n) is 18.2. The molecule has 28 heavy (non-hydrogen) atoms. The number of hydrogen-bond acceptors (Lipinski definition) is 5. The topological polar surface area (TPSA) is 67.8 Å². The van der Waals surface area contributed by atoms with Crippen molar-refractivity contribution in [3.63, 3.8) is 0 Å². The molecule has 6 nitrogen and oxygen atoms in total. The molecule has 0 amide bonds. The maximum Gasteiger partial charge on any atom is 0.191 e. The van der Waals surface area contributed by atoms with Crippen LogP contribution in [0, 0.1) is 0 Å². The zero-order chi connectivity index (χ0) is 20.0. The third kappa shape index (κ3) is 12.9. The standard InChI is InChI=1S/C20H38N4O2S.HI/c1-6-8-12-25-14-15-26-13-11-23-19(21-7-2)22-10-9-18-24-17(16-27-18)20(3,4)5;/h16H,6-15H2,1-5H3,(H2,21,22,23);1H. The number of hydrogen-bond donors (Lipinski definition) is 2. The van der Waals surface area contributed by atoms with Crippen LogP contribution in [-0.4, -0.2) is 57.0 Å². The van der Waals surface area contributed by atoms with Crippen molar-refractivity contribution in [2.75, 3.05) is 46.1 Å². The second-order valence-electron chi connectivity index (χ2n) is 7.39. The first-order valence-corrected chi connectivity index (χ1v) is 11.0. The van der Waals surface area contributed by atoms with Gasteiger partial charge >= 0.3 is 0 Å². The van der Waals surface area contributed by atoms with Crippen LogP contribution in [0.5, 0.6) is 0 Å². The molecule has 0 atom stereocenters. The van der Waals surface area contributed by atoms with Crippen LogP contribution in [0.3, 0.4) is 0 Å². The van der Waals surface area contributed by atoms with Gasteiger partial charge in [-0.1, -0.05) is 34.1 Å². The van der Waals surface area contributed by atoms with Crippen molar-refractivity contribution in [2.24, 2.45) is 4.99 Å². The Kier molecular flexibility index (Phi) is 16.1. The number of ether oxygens (including phenoxy) is 2. The maximum absolute atomic E-state index is 5.55. The summed E-state index contributed by atoms with van der Waals surface area (Å²) < 4.78 is 11.0. The maximum atomic E-state index is 5.55. The van der Waals surface area contributed by atoms with Gasteiger partial charge in [0.1, 0.15) is 0 Å². The van der Waals surface area contributed by atoms with Crippen molar-refractivity contribution < 1.29 is 9.47 Å². The second kappa shape index (κ2) is 16.4. The molecule has 8 heteroatoms. The normalized spacial score (nSPS) is 12.0. The van der Waals surface area contributed by atoms with Crippen LogP contribution >= 0.6 is 35.3 Å². The first kappa shape index (κ1) is 27.5. The number of aromatic nitrogens is 1. The molecule has 0 aliphatic rings. The van der Waals surface area contributed by atoms with Crippen molar-refractivity contribution in [1.29, 1.82) is 0 Å². The summed E-state index contributed by atoms with van der Waals surface area (Å²) in [5.41, 5.74) is 1.28. The quantitative estimate of drug-likeness (QED) is 0.176. The molecule has 1 aromatic rings. The van der Waals surface area contributed by atoms with Crippen LogP contribution < -0.4 is 10.6 Å². The first-order valence-electron chi connectivity index (χ1n) is 10.1. The third-order valence-corrected chi connectivity index (χ3v) is 4.72. The minimum absolute atomic E-state index is 0. The Hall–Kier alpha value is -0.450.